The summed E-state index contributed by atoms with van der Waals surface area (Å²) in [6, 6.07) is 5.98. The van der Waals surface area contributed by atoms with E-state index in [4.69, 9.17) is 10.5 Å². The fraction of sp³-hybridized carbons (Fsp3) is 0.167. The molecule has 88 valence electrons. The van der Waals surface area contributed by atoms with Crippen LogP contribution in [0.15, 0.2) is 24.3 Å². The van der Waals surface area contributed by atoms with Crippen molar-refractivity contribution in [2.45, 2.75) is 6.92 Å². The van der Waals surface area contributed by atoms with E-state index in [9.17, 15) is 4.39 Å². The highest BCUT2D eigenvalue weighted by atomic mass is 19.1. The number of aromatic nitrogens is 2. The van der Waals surface area contributed by atoms with Gasteiger partial charge in [-0.1, -0.05) is 0 Å². The summed E-state index contributed by atoms with van der Waals surface area (Å²) in [6.45, 7) is 1.80. The maximum absolute atomic E-state index is 13.2. The highest BCUT2D eigenvalue weighted by molar-refractivity contribution is 5.68. The predicted octanol–water partition coefficient (Wildman–Crippen LogP) is 2.18. The SMILES string of the molecule is COc1ccc(F)cc1-c1cc(C)nc(N)n1. The summed E-state index contributed by atoms with van der Waals surface area (Å²) in [4.78, 5) is 8.04. The molecule has 1 aromatic heterocycles. The van der Waals surface area contributed by atoms with E-state index in [2.05, 4.69) is 9.97 Å². The van der Waals surface area contributed by atoms with Gasteiger partial charge in [-0.3, -0.25) is 0 Å². The maximum atomic E-state index is 13.2. The summed E-state index contributed by atoms with van der Waals surface area (Å²) in [5.74, 6) is 0.353. The average molecular weight is 233 g/mol. The van der Waals surface area contributed by atoms with Crippen molar-refractivity contribution in [3.8, 4) is 17.0 Å². The minimum absolute atomic E-state index is 0.159. The van der Waals surface area contributed by atoms with Gasteiger partial charge in [-0.2, -0.15) is 0 Å². The van der Waals surface area contributed by atoms with E-state index in [-0.39, 0.29) is 11.8 Å². The van der Waals surface area contributed by atoms with Gasteiger partial charge >= 0.3 is 0 Å². The number of halogens is 1. The summed E-state index contributed by atoms with van der Waals surface area (Å²) in [6.07, 6.45) is 0. The first-order chi connectivity index (χ1) is 8.10. The fourth-order valence-electron chi connectivity index (χ4n) is 1.61. The minimum Gasteiger partial charge on any atom is -0.496 e. The number of methoxy groups -OCH3 is 1. The van der Waals surface area contributed by atoms with Gasteiger partial charge in [0.05, 0.1) is 12.8 Å². The highest BCUT2D eigenvalue weighted by Crippen LogP contribution is 2.29. The van der Waals surface area contributed by atoms with Crippen molar-refractivity contribution >= 4 is 5.95 Å². The average Bonchev–Trinajstić information content (AvgIpc) is 2.27. The molecule has 17 heavy (non-hydrogen) atoms. The van der Waals surface area contributed by atoms with Crippen molar-refractivity contribution in [2.75, 3.05) is 12.8 Å². The third-order valence-corrected chi connectivity index (χ3v) is 2.31. The Kier molecular flexibility index (Phi) is 2.91. The lowest BCUT2D eigenvalue weighted by atomic mass is 10.1. The molecule has 2 rings (SSSR count). The second kappa shape index (κ2) is 4.37. The van der Waals surface area contributed by atoms with Gasteiger partial charge in [0.25, 0.3) is 0 Å². The zero-order chi connectivity index (χ0) is 12.4. The number of hydrogen-bond donors (Lipinski definition) is 1. The molecule has 0 saturated carbocycles. The number of nitrogen functional groups attached to an aromatic ring is 1. The number of ether oxygens (including phenoxy) is 1. The van der Waals surface area contributed by atoms with Crippen LogP contribution < -0.4 is 10.5 Å². The van der Waals surface area contributed by atoms with E-state index in [0.29, 0.717) is 17.0 Å². The fourth-order valence-corrected chi connectivity index (χ4v) is 1.61. The summed E-state index contributed by atoms with van der Waals surface area (Å²) in [7, 11) is 1.52. The predicted molar refractivity (Wildman–Crippen MR) is 63.1 cm³/mol. The van der Waals surface area contributed by atoms with E-state index in [1.807, 2.05) is 0 Å². The molecule has 0 aliphatic carbocycles. The number of rotatable bonds is 2. The molecule has 0 bridgehead atoms. The first-order valence-electron chi connectivity index (χ1n) is 5.05. The van der Waals surface area contributed by atoms with Gasteiger partial charge in [0.1, 0.15) is 11.6 Å². The summed E-state index contributed by atoms with van der Waals surface area (Å²) >= 11 is 0. The van der Waals surface area contributed by atoms with Crippen LogP contribution in [0.1, 0.15) is 5.69 Å². The summed E-state index contributed by atoms with van der Waals surface area (Å²) in [5.41, 5.74) is 7.40. The lowest BCUT2D eigenvalue weighted by molar-refractivity contribution is 0.415. The van der Waals surface area contributed by atoms with Gasteiger partial charge in [0, 0.05) is 11.3 Å². The summed E-state index contributed by atoms with van der Waals surface area (Å²) in [5, 5.41) is 0. The van der Waals surface area contributed by atoms with Crippen LogP contribution in [0.25, 0.3) is 11.3 Å². The zero-order valence-corrected chi connectivity index (χ0v) is 9.57. The molecule has 1 heterocycles. The normalized spacial score (nSPS) is 10.3. The zero-order valence-electron chi connectivity index (χ0n) is 9.57. The Hall–Kier alpha value is -2.17. The third kappa shape index (κ3) is 2.33. The molecule has 0 fully saturated rings. The van der Waals surface area contributed by atoms with Crippen molar-refractivity contribution in [3.63, 3.8) is 0 Å². The van der Waals surface area contributed by atoms with Gasteiger partial charge in [0.2, 0.25) is 5.95 Å². The number of anilines is 1. The van der Waals surface area contributed by atoms with Crippen LogP contribution in [-0.4, -0.2) is 17.1 Å². The standard InChI is InChI=1S/C12H12FN3O/c1-7-5-10(16-12(14)15-7)9-6-8(13)3-4-11(9)17-2/h3-6H,1-2H3,(H2,14,15,16). The molecule has 0 aliphatic heterocycles. The molecule has 4 nitrogen and oxygen atoms in total. The van der Waals surface area contributed by atoms with Gasteiger partial charge in [-0.05, 0) is 31.2 Å². The quantitative estimate of drug-likeness (QED) is 0.863. The Morgan fingerprint density at radius 1 is 1.24 bits per heavy atom. The number of aryl methyl sites for hydroxylation is 1. The molecular weight excluding hydrogens is 221 g/mol. The molecule has 0 saturated heterocycles. The van der Waals surface area contributed by atoms with Crippen LogP contribution in [0, 0.1) is 12.7 Å². The van der Waals surface area contributed by atoms with Crippen molar-refractivity contribution < 1.29 is 9.13 Å². The largest absolute Gasteiger partial charge is 0.496 e. The lowest BCUT2D eigenvalue weighted by Gasteiger charge is -2.08. The molecule has 5 heteroatoms. The molecule has 1 aromatic carbocycles. The monoisotopic (exact) mass is 233 g/mol. The van der Waals surface area contributed by atoms with Crippen LogP contribution in [0.4, 0.5) is 10.3 Å². The van der Waals surface area contributed by atoms with Crippen LogP contribution in [0.5, 0.6) is 5.75 Å². The molecular formula is C12H12FN3O. The molecule has 2 N–H and O–H groups in total. The summed E-state index contributed by atoms with van der Waals surface area (Å²) < 4.78 is 18.4. The van der Waals surface area contributed by atoms with E-state index in [1.54, 1.807) is 19.1 Å². The number of hydrogen-bond acceptors (Lipinski definition) is 4. The minimum atomic E-state index is -0.351. The van der Waals surface area contributed by atoms with Crippen LogP contribution in [0.2, 0.25) is 0 Å². The Bertz CT molecular complexity index is 537. The maximum Gasteiger partial charge on any atom is 0.220 e. The van der Waals surface area contributed by atoms with Gasteiger partial charge in [-0.25, -0.2) is 14.4 Å². The molecule has 0 unspecified atom stereocenters. The lowest BCUT2D eigenvalue weighted by Crippen LogP contribution is -1.99. The first kappa shape index (κ1) is 11.3. The van der Waals surface area contributed by atoms with Gasteiger partial charge in [0.15, 0.2) is 0 Å². The first-order valence-corrected chi connectivity index (χ1v) is 5.05. The molecule has 0 radical (unpaired) electrons. The number of nitrogens with zero attached hydrogens (tertiary/aromatic N) is 2. The molecule has 2 aromatic rings. The molecule has 0 atom stereocenters. The Morgan fingerprint density at radius 2 is 2.00 bits per heavy atom. The van der Waals surface area contributed by atoms with Crippen molar-refractivity contribution in [3.05, 3.63) is 35.8 Å². The second-order valence-corrected chi connectivity index (χ2v) is 3.60. The second-order valence-electron chi connectivity index (χ2n) is 3.60. The third-order valence-electron chi connectivity index (χ3n) is 2.31. The van der Waals surface area contributed by atoms with E-state index < -0.39 is 0 Å². The van der Waals surface area contributed by atoms with Gasteiger partial charge < -0.3 is 10.5 Å². The molecule has 0 spiro atoms. The van der Waals surface area contributed by atoms with Crippen LogP contribution in [0.3, 0.4) is 0 Å². The van der Waals surface area contributed by atoms with E-state index >= 15 is 0 Å². The van der Waals surface area contributed by atoms with Crippen LogP contribution in [-0.2, 0) is 0 Å². The Labute approximate surface area is 98.3 Å². The number of nitrogens with two attached hydrogens (primary N) is 1. The van der Waals surface area contributed by atoms with E-state index in [1.165, 1.54) is 19.2 Å². The van der Waals surface area contributed by atoms with Crippen LogP contribution >= 0.6 is 0 Å². The topological polar surface area (TPSA) is 61.0 Å². The highest BCUT2D eigenvalue weighted by Gasteiger charge is 2.10. The van der Waals surface area contributed by atoms with Gasteiger partial charge in [-0.15, -0.1) is 0 Å². The van der Waals surface area contributed by atoms with E-state index in [0.717, 1.165) is 5.69 Å². The van der Waals surface area contributed by atoms with Crippen molar-refractivity contribution in [1.82, 2.24) is 9.97 Å². The molecule has 0 amide bonds. The molecule has 0 aliphatic rings. The Morgan fingerprint density at radius 3 is 2.65 bits per heavy atom. The van der Waals surface area contributed by atoms with Crippen molar-refractivity contribution in [2.24, 2.45) is 0 Å². The smallest absolute Gasteiger partial charge is 0.220 e. The Balaban J connectivity index is 2.62. The van der Waals surface area contributed by atoms with Crippen molar-refractivity contribution in [1.29, 1.82) is 0 Å². The number of benzene rings is 1.